The predicted molar refractivity (Wildman–Crippen MR) is 66.5 cm³/mol. The number of ether oxygens (including phenoxy) is 1. The van der Waals surface area contributed by atoms with Crippen molar-refractivity contribution >= 4 is 5.97 Å². The summed E-state index contributed by atoms with van der Waals surface area (Å²) in [5.74, 6) is -0.172. The number of hydrogen-bond donors (Lipinski definition) is 1. The van der Waals surface area contributed by atoms with Crippen LogP contribution in [0.1, 0.15) is 25.0 Å². The van der Waals surface area contributed by atoms with E-state index in [4.69, 9.17) is 4.74 Å². The molecule has 0 saturated carbocycles. The molecule has 0 spiro atoms. The van der Waals surface area contributed by atoms with Crippen molar-refractivity contribution in [2.75, 3.05) is 13.7 Å². The van der Waals surface area contributed by atoms with Gasteiger partial charge in [0.2, 0.25) is 5.88 Å². The van der Waals surface area contributed by atoms with Crippen LogP contribution in [0.4, 0.5) is 0 Å². The Bertz CT molecular complexity index is 422. The van der Waals surface area contributed by atoms with Gasteiger partial charge in [-0.25, -0.2) is 4.98 Å². The van der Waals surface area contributed by atoms with E-state index in [2.05, 4.69) is 4.98 Å². The Morgan fingerprint density at radius 1 is 1.56 bits per heavy atom. The van der Waals surface area contributed by atoms with Crippen molar-refractivity contribution in [2.45, 2.75) is 31.8 Å². The predicted octanol–water partition coefficient (Wildman–Crippen LogP) is 1.53. The Kier molecular flexibility index (Phi) is 4.15. The lowest BCUT2D eigenvalue weighted by atomic mass is 10.0. The second kappa shape index (κ2) is 5.82. The van der Waals surface area contributed by atoms with Crippen LogP contribution in [0.15, 0.2) is 18.2 Å². The largest absolute Gasteiger partial charge is 0.481 e. The summed E-state index contributed by atoms with van der Waals surface area (Å²) in [4.78, 5) is 17.5. The van der Waals surface area contributed by atoms with Gasteiger partial charge in [0.05, 0.1) is 12.8 Å². The lowest BCUT2D eigenvalue weighted by Gasteiger charge is -2.32. The average molecular weight is 250 g/mol. The van der Waals surface area contributed by atoms with Crippen LogP contribution in [0.2, 0.25) is 0 Å². The second-order valence-corrected chi connectivity index (χ2v) is 4.49. The van der Waals surface area contributed by atoms with Gasteiger partial charge in [0.1, 0.15) is 6.04 Å². The number of likely N-dealkylation sites (tertiary alicyclic amines) is 1. The lowest BCUT2D eigenvalue weighted by Crippen LogP contribution is -2.44. The van der Waals surface area contributed by atoms with Gasteiger partial charge in [0, 0.05) is 12.6 Å². The van der Waals surface area contributed by atoms with Gasteiger partial charge in [-0.3, -0.25) is 9.69 Å². The quantitative estimate of drug-likeness (QED) is 0.878. The number of carboxylic acids is 1. The van der Waals surface area contributed by atoms with Crippen LogP contribution in [0, 0.1) is 0 Å². The van der Waals surface area contributed by atoms with Gasteiger partial charge in [-0.1, -0.05) is 12.5 Å². The molecule has 0 amide bonds. The molecular formula is C13H18N2O3. The minimum absolute atomic E-state index is 0.383. The highest BCUT2D eigenvalue weighted by Gasteiger charge is 2.28. The monoisotopic (exact) mass is 250 g/mol. The first-order valence-corrected chi connectivity index (χ1v) is 6.17. The number of nitrogens with zero attached hydrogens (tertiary/aromatic N) is 2. The minimum atomic E-state index is -0.738. The molecule has 2 rings (SSSR count). The Labute approximate surface area is 106 Å². The van der Waals surface area contributed by atoms with E-state index >= 15 is 0 Å². The van der Waals surface area contributed by atoms with E-state index in [1.54, 1.807) is 13.2 Å². The fourth-order valence-electron chi connectivity index (χ4n) is 2.33. The SMILES string of the molecule is COc1cccc(CN2CCCCC2C(=O)O)n1. The van der Waals surface area contributed by atoms with E-state index in [0.29, 0.717) is 12.4 Å². The van der Waals surface area contributed by atoms with E-state index in [1.807, 2.05) is 17.0 Å². The van der Waals surface area contributed by atoms with E-state index in [-0.39, 0.29) is 6.04 Å². The van der Waals surface area contributed by atoms with E-state index in [9.17, 15) is 9.90 Å². The fourth-order valence-corrected chi connectivity index (χ4v) is 2.33. The number of methoxy groups -OCH3 is 1. The van der Waals surface area contributed by atoms with Gasteiger partial charge in [0.15, 0.2) is 0 Å². The second-order valence-electron chi connectivity index (χ2n) is 4.49. The highest BCUT2D eigenvalue weighted by Crippen LogP contribution is 2.20. The molecule has 0 aromatic carbocycles. The van der Waals surface area contributed by atoms with Gasteiger partial charge in [-0.15, -0.1) is 0 Å². The number of aromatic nitrogens is 1. The van der Waals surface area contributed by atoms with Crippen LogP contribution >= 0.6 is 0 Å². The van der Waals surface area contributed by atoms with Gasteiger partial charge >= 0.3 is 5.97 Å². The Morgan fingerprint density at radius 2 is 2.39 bits per heavy atom. The molecule has 5 nitrogen and oxygen atoms in total. The third kappa shape index (κ3) is 2.98. The van der Waals surface area contributed by atoms with Crippen LogP contribution in [0.5, 0.6) is 5.88 Å². The van der Waals surface area contributed by atoms with Crippen molar-refractivity contribution in [1.29, 1.82) is 0 Å². The van der Waals surface area contributed by atoms with E-state index < -0.39 is 5.97 Å². The molecule has 1 aromatic heterocycles. The van der Waals surface area contributed by atoms with Gasteiger partial charge < -0.3 is 9.84 Å². The highest BCUT2D eigenvalue weighted by atomic mass is 16.5. The molecule has 1 aromatic rings. The molecule has 1 atom stereocenters. The van der Waals surface area contributed by atoms with Crippen LogP contribution in [0.3, 0.4) is 0 Å². The average Bonchev–Trinajstić information content (AvgIpc) is 2.39. The normalized spacial score (nSPS) is 20.6. The van der Waals surface area contributed by atoms with Crippen molar-refractivity contribution in [1.82, 2.24) is 9.88 Å². The molecule has 0 aliphatic carbocycles. The summed E-state index contributed by atoms with van der Waals surface area (Å²) in [7, 11) is 1.58. The van der Waals surface area contributed by atoms with Gasteiger partial charge in [0.25, 0.3) is 0 Å². The van der Waals surface area contributed by atoms with Crippen LogP contribution in [-0.2, 0) is 11.3 Å². The number of pyridine rings is 1. The summed E-state index contributed by atoms with van der Waals surface area (Å²) < 4.78 is 5.07. The van der Waals surface area contributed by atoms with Crippen molar-refractivity contribution in [3.8, 4) is 5.88 Å². The van der Waals surface area contributed by atoms with Gasteiger partial charge in [-0.05, 0) is 25.5 Å². The Morgan fingerprint density at radius 3 is 3.11 bits per heavy atom. The van der Waals surface area contributed by atoms with Gasteiger partial charge in [-0.2, -0.15) is 0 Å². The Balaban J connectivity index is 2.08. The number of carboxylic acid groups (broad SMARTS) is 1. The van der Waals surface area contributed by atoms with Crippen molar-refractivity contribution in [2.24, 2.45) is 0 Å². The summed E-state index contributed by atoms with van der Waals surface area (Å²) in [5, 5.41) is 9.20. The Hall–Kier alpha value is -1.62. The third-order valence-corrected chi connectivity index (χ3v) is 3.25. The smallest absolute Gasteiger partial charge is 0.320 e. The standard InChI is InChI=1S/C13H18N2O3/c1-18-12-7-4-5-10(14-12)9-15-8-3-2-6-11(15)13(16)17/h4-5,7,11H,2-3,6,8-9H2,1H3,(H,16,17). The maximum Gasteiger partial charge on any atom is 0.320 e. The third-order valence-electron chi connectivity index (χ3n) is 3.25. The van der Waals surface area contributed by atoms with Crippen LogP contribution in [0.25, 0.3) is 0 Å². The number of piperidine rings is 1. The molecule has 2 heterocycles. The summed E-state index contributed by atoms with van der Waals surface area (Å²) in [6, 6.07) is 5.18. The molecule has 5 heteroatoms. The molecule has 1 aliphatic rings. The molecule has 0 radical (unpaired) electrons. The van der Waals surface area contributed by atoms with Crippen LogP contribution in [-0.4, -0.2) is 40.7 Å². The highest BCUT2D eigenvalue weighted by molar-refractivity contribution is 5.73. The molecule has 1 aliphatic heterocycles. The molecule has 1 N–H and O–H groups in total. The topological polar surface area (TPSA) is 62.7 Å². The zero-order valence-corrected chi connectivity index (χ0v) is 10.5. The molecule has 1 saturated heterocycles. The molecule has 0 bridgehead atoms. The molecular weight excluding hydrogens is 232 g/mol. The van der Waals surface area contributed by atoms with E-state index in [0.717, 1.165) is 31.5 Å². The summed E-state index contributed by atoms with van der Waals surface area (Å²) in [6.45, 7) is 1.38. The van der Waals surface area contributed by atoms with Crippen LogP contribution < -0.4 is 4.74 Å². The first-order chi connectivity index (χ1) is 8.70. The minimum Gasteiger partial charge on any atom is -0.481 e. The number of aliphatic carboxylic acids is 1. The maximum atomic E-state index is 11.2. The summed E-state index contributed by atoms with van der Waals surface area (Å²) >= 11 is 0. The van der Waals surface area contributed by atoms with E-state index in [1.165, 1.54) is 0 Å². The summed E-state index contributed by atoms with van der Waals surface area (Å²) in [6.07, 6.45) is 2.76. The number of carbonyl (C=O) groups is 1. The fraction of sp³-hybridized carbons (Fsp3) is 0.538. The first kappa shape index (κ1) is 12.8. The zero-order valence-electron chi connectivity index (χ0n) is 10.5. The number of hydrogen-bond acceptors (Lipinski definition) is 4. The molecule has 1 unspecified atom stereocenters. The van der Waals surface area contributed by atoms with Crippen molar-refractivity contribution in [3.05, 3.63) is 23.9 Å². The molecule has 98 valence electrons. The first-order valence-electron chi connectivity index (χ1n) is 6.17. The maximum absolute atomic E-state index is 11.2. The zero-order chi connectivity index (χ0) is 13.0. The number of rotatable bonds is 4. The van der Waals surface area contributed by atoms with Crippen molar-refractivity contribution < 1.29 is 14.6 Å². The lowest BCUT2D eigenvalue weighted by molar-refractivity contribution is -0.144. The molecule has 18 heavy (non-hydrogen) atoms. The van der Waals surface area contributed by atoms with Crippen molar-refractivity contribution in [3.63, 3.8) is 0 Å². The molecule has 1 fully saturated rings. The summed E-state index contributed by atoms with van der Waals surface area (Å²) in [5.41, 5.74) is 0.850.